The lowest BCUT2D eigenvalue weighted by atomic mass is 10.0. The number of benzene rings is 1. The van der Waals surface area contributed by atoms with Crippen molar-refractivity contribution in [1.29, 1.82) is 0 Å². The van der Waals surface area contributed by atoms with Gasteiger partial charge < -0.3 is 5.43 Å². The second-order valence-electron chi connectivity index (χ2n) is 4.81. The Morgan fingerprint density at radius 1 is 1.24 bits per heavy atom. The third-order valence-electron chi connectivity index (χ3n) is 3.85. The molecule has 3 heteroatoms. The molecule has 0 unspecified atom stereocenters. The van der Waals surface area contributed by atoms with Crippen molar-refractivity contribution in [2.24, 2.45) is 5.84 Å². The number of pyridine rings is 1. The predicted molar refractivity (Wildman–Crippen MR) is 71.1 cm³/mol. The SMILES string of the molecule is Cc1ccc2c(NN)c3c(nc2c1C)CCC3. The van der Waals surface area contributed by atoms with E-state index in [0.717, 1.165) is 29.4 Å². The summed E-state index contributed by atoms with van der Waals surface area (Å²) in [5.41, 5.74) is 10.1. The molecule has 3 N–H and O–H groups in total. The number of hydrazine groups is 1. The zero-order valence-electron chi connectivity index (χ0n) is 10.3. The lowest BCUT2D eigenvalue weighted by molar-refractivity contribution is 0.901. The molecule has 0 saturated carbocycles. The Balaban J connectivity index is 2.44. The second-order valence-corrected chi connectivity index (χ2v) is 4.81. The smallest absolute Gasteiger partial charge is 0.0758 e. The maximum Gasteiger partial charge on any atom is 0.0758 e. The average Bonchev–Trinajstić information content (AvgIpc) is 2.79. The highest BCUT2D eigenvalue weighted by Gasteiger charge is 2.19. The molecule has 1 aliphatic carbocycles. The van der Waals surface area contributed by atoms with Gasteiger partial charge in [-0.1, -0.05) is 12.1 Å². The molecule has 0 bridgehead atoms. The molecule has 17 heavy (non-hydrogen) atoms. The first-order valence-corrected chi connectivity index (χ1v) is 6.10. The van der Waals surface area contributed by atoms with E-state index in [2.05, 4.69) is 31.4 Å². The number of nitrogens with zero attached hydrogens (tertiary/aromatic N) is 1. The van der Waals surface area contributed by atoms with E-state index in [1.54, 1.807) is 0 Å². The number of fused-ring (bicyclic) bond motifs is 2. The second kappa shape index (κ2) is 3.70. The minimum absolute atomic E-state index is 1.07. The van der Waals surface area contributed by atoms with E-state index in [1.165, 1.54) is 28.8 Å². The number of nitrogens with one attached hydrogen (secondary N) is 1. The van der Waals surface area contributed by atoms with Gasteiger partial charge in [-0.05, 0) is 49.8 Å². The molecule has 0 atom stereocenters. The zero-order valence-corrected chi connectivity index (χ0v) is 10.3. The minimum Gasteiger partial charge on any atom is -0.323 e. The van der Waals surface area contributed by atoms with Crippen LogP contribution in [0, 0.1) is 13.8 Å². The quantitative estimate of drug-likeness (QED) is 0.581. The Morgan fingerprint density at radius 2 is 2.06 bits per heavy atom. The predicted octanol–water partition coefficient (Wildman–Crippen LogP) is 2.63. The largest absolute Gasteiger partial charge is 0.323 e. The fourth-order valence-corrected chi connectivity index (χ4v) is 2.73. The van der Waals surface area contributed by atoms with E-state index in [-0.39, 0.29) is 0 Å². The van der Waals surface area contributed by atoms with Crippen molar-refractivity contribution >= 4 is 16.6 Å². The van der Waals surface area contributed by atoms with Crippen LogP contribution in [0.2, 0.25) is 0 Å². The molecular formula is C14H17N3. The minimum atomic E-state index is 1.07. The van der Waals surface area contributed by atoms with Gasteiger partial charge >= 0.3 is 0 Å². The summed E-state index contributed by atoms with van der Waals surface area (Å²) >= 11 is 0. The molecule has 88 valence electrons. The van der Waals surface area contributed by atoms with Gasteiger partial charge in [-0.25, -0.2) is 0 Å². The van der Waals surface area contributed by atoms with Crippen LogP contribution in [-0.4, -0.2) is 4.98 Å². The first kappa shape index (κ1) is 10.5. The monoisotopic (exact) mass is 227 g/mol. The number of nitrogen functional groups attached to an aromatic ring is 1. The van der Waals surface area contributed by atoms with Crippen molar-refractivity contribution in [3.8, 4) is 0 Å². The van der Waals surface area contributed by atoms with Crippen LogP contribution in [0.3, 0.4) is 0 Å². The van der Waals surface area contributed by atoms with Gasteiger partial charge in [0.25, 0.3) is 0 Å². The highest BCUT2D eigenvalue weighted by atomic mass is 15.2. The van der Waals surface area contributed by atoms with E-state index in [9.17, 15) is 0 Å². The van der Waals surface area contributed by atoms with Gasteiger partial charge in [0, 0.05) is 11.1 Å². The maximum atomic E-state index is 5.70. The van der Waals surface area contributed by atoms with Crippen molar-refractivity contribution in [3.05, 3.63) is 34.5 Å². The van der Waals surface area contributed by atoms with Crippen molar-refractivity contribution in [2.75, 3.05) is 5.43 Å². The van der Waals surface area contributed by atoms with Gasteiger partial charge in [0.2, 0.25) is 0 Å². The Bertz CT molecular complexity index is 602. The van der Waals surface area contributed by atoms with Crippen LogP contribution < -0.4 is 11.3 Å². The molecule has 3 nitrogen and oxygen atoms in total. The summed E-state index contributed by atoms with van der Waals surface area (Å²) < 4.78 is 0. The number of hydrogen-bond acceptors (Lipinski definition) is 3. The number of rotatable bonds is 1. The summed E-state index contributed by atoms with van der Waals surface area (Å²) in [4.78, 5) is 4.83. The van der Waals surface area contributed by atoms with Gasteiger partial charge in [0.15, 0.2) is 0 Å². The number of hydrogen-bond donors (Lipinski definition) is 2. The molecule has 2 aromatic rings. The van der Waals surface area contributed by atoms with Crippen LogP contribution in [0.25, 0.3) is 10.9 Å². The molecule has 1 heterocycles. The van der Waals surface area contributed by atoms with Gasteiger partial charge in [-0.15, -0.1) is 0 Å². The van der Waals surface area contributed by atoms with Crippen molar-refractivity contribution in [2.45, 2.75) is 33.1 Å². The molecule has 1 aromatic carbocycles. The normalized spacial score (nSPS) is 14.1. The lowest BCUT2D eigenvalue weighted by Crippen LogP contribution is -2.11. The van der Waals surface area contributed by atoms with E-state index in [0.29, 0.717) is 0 Å². The van der Waals surface area contributed by atoms with E-state index in [4.69, 9.17) is 10.8 Å². The standard InChI is InChI=1S/C14H17N3/c1-8-6-7-11-13(9(8)2)16-12-5-3-4-10(12)14(11)17-15/h6-7H,3-5,15H2,1-2H3,(H,16,17). The third kappa shape index (κ3) is 1.42. The molecule has 1 aromatic heterocycles. The van der Waals surface area contributed by atoms with Crippen LogP contribution in [0.5, 0.6) is 0 Å². The highest BCUT2D eigenvalue weighted by Crippen LogP contribution is 2.35. The first-order chi connectivity index (χ1) is 8.22. The van der Waals surface area contributed by atoms with Crippen molar-refractivity contribution in [1.82, 2.24) is 4.98 Å². The Labute approximate surface area is 101 Å². The van der Waals surface area contributed by atoms with Gasteiger partial charge in [-0.3, -0.25) is 10.8 Å². The van der Waals surface area contributed by atoms with Crippen LogP contribution in [0.4, 0.5) is 5.69 Å². The molecule has 0 saturated heterocycles. The summed E-state index contributed by atoms with van der Waals surface area (Å²) in [5, 5.41) is 1.15. The third-order valence-corrected chi connectivity index (χ3v) is 3.85. The molecule has 0 fully saturated rings. The van der Waals surface area contributed by atoms with Gasteiger partial charge in [0.1, 0.15) is 0 Å². The summed E-state index contributed by atoms with van der Waals surface area (Å²) in [6.07, 6.45) is 3.35. The molecule has 0 amide bonds. The Kier molecular flexibility index (Phi) is 2.30. The van der Waals surface area contributed by atoms with Gasteiger partial charge in [-0.2, -0.15) is 0 Å². The summed E-state index contributed by atoms with van der Waals surface area (Å²) in [6.45, 7) is 4.26. The molecule has 0 radical (unpaired) electrons. The first-order valence-electron chi connectivity index (χ1n) is 6.10. The van der Waals surface area contributed by atoms with Crippen LogP contribution in [0.1, 0.15) is 28.8 Å². The maximum absolute atomic E-state index is 5.70. The molecule has 0 spiro atoms. The molecule has 1 aliphatic rings. The van der Waals surface area contributed by atoms with E-state index < -0.39 is 0 Å². The number of anilines is 1. The summed E-state index contributed by atoms with van der Waals surface area (Å²) in [5.74, 6) is 5.70. The van der Waals surface area contributed by atoms with E-state index in [1.807, 2.05) is 0 Å². The Hall–Kier alpha value is -1.61. The van der Waals surface area contributed by atoms with E-state index >= 15 is 0 Å². The average molecular weight is 227 g/mol. The van der Waals surface area contributed by atoms with Crippen molar-refractivity contribution in [3.63, 3.8) is 0 Å². The van der Waals surface area contributed by atoms with Gasteiger partial charge in [0.05, 0.1) is 11.2 Å². The molecular weight excluding hydrogens is 210 g/mol. The Morgan fingerprint density at radius 3 is 2.82 bits per heavy atom. The molecule has 3 rings (SSSR count). The fraction of sp³-hybridized carbons (Fsp3) is 0.357. The van der Waals surface area contributed by atoms with Crippen molar-refractivity contribution < 1.29 is 0 Å². The van der Waals surface area contributed by atoms with Crippen LogP contribution in [-0.2, 0) is 12.8 Å². The highest BCUT2D eigenvalue weighted by molar-refractivity contribution is 5.95. The zero-order chi connectivity index (χ0) is 12.0. The number of aromatic nitrogens is 1. The topological polar surface area (TPSA) is 50.9 Å². The lowest BCUT2D eigenvalue weighted by Gasteiger charge is -2.14. The van der Waals surface area contributed by atoms with Crippen LogP contribution >= 0.6 is 0 Å². The number of nitrogens with two attached hydrogens (primary N) is 1. The fourth-order valence-electron chi connectivity index (χ4n) is 2.73. The summed E-state index contributed by atoms with van der Waals surface area (Å²) in [6, 6.07) is 4.26. The van der Waals surface area contributed by atoms with Crippen LogP contribution in [0.15, 0.2) is 12.1 Å². The molecule has 0 aliphatic heterocycles. The number of aryl methyl sites for hydroxylation is 3. The summed E-state index contributed by atoms with van der Waals surface area (Å²) in [7, 11) is 0.